The normalized spacial score (nSPS) is 19.2. The lowest BCUT2D eigenvalue weighted by molar-refractivity contribution is -0.120. The van der Waals surface area contributed by atoms with Gasteiger partial charge in [-0.1, -0.05) is 0 Å². The number of Topliss-reactive ketones (excluding diaryl/α,β-unsaturated/α-hetero) is 1. The number of methoxy groups -OCH3 is 1. The largest absolute Gasteiger partial charge is 0.468 e. The van der Waals surface area contributed by atoms with Crippen molar-refractivity contribution in [1.82, 2.24) is 9.55 Å². The molecule has 1 heterocycles. The fourth-order valence-electron chi connectivity index (χ4n) is 2.43. The first-order valence-electron chi connectivity index (χ1n) is 6.27. The van der Waals surface area contributed by atoms with Crippen LogP contribution in [0.3, 0.4) is 0 Å². The van der Waals surface area contributed by atoms with Crippen molar-refractivity contribution in [3.63, 3.8) is 0 Å². The van der Waals surface area contributed by atoms with Crippen molar-refractivity contribution in [3.05, 3.63) is 22.1 Å². The maximum Gasteiger partial charge on any atom is 0.299 e. The van der Waals surface area contributed by atoms with Gasteiger partial charge in [-0.15, -0.1) is 0 Å². The Morgan fingerprint density at radius 2 is 2.28 bits per heavy atom. The third kappa shape index (κ3) is 2.60. The van der Waals surface area contributed by atoms with Gasteiger partial charge in [0.2, 0.25) is 0 Å². The van der Waals surface area contributed by atoms with Gasteiger partial charge in [0, 0.05) is 30.6 Å². The summed E-state index contributed by atoms with van der Waals surface area (Å²) in [4.78, 5) is 27.6. The fraction of sp³-hybridized carbons (Fsp3) is 0.615. The lowest BCUT2D eigenvalue weighted by atomic mass is 10.0. The molecule has 5 heteroatoms. The molecular weight excluding hydrogens is 232 g/mol. The molecular formula is C13H18N2O3. The number of aromatic nitrogens is 2. The highest BCUT2D eigenvalue weighted by molar-refractivity contribution is 5.82. The average Bonchev–Trinajstić information content (AvgIpc) is 2.73. The summed E-state index contributed by atoms with van der Waals surface area (Å²) in [6.07, 6.45) is 3.29. The SMILES string of the molecule is COc1nc(C)cc(=O)n1CCC1CCCC1=O. The number of carbonyl (C=O) groups excluding carboxylic acids is 1. The number of ether oxygens (including phenoxy) is 1. The fourth-order valence-corrected chi connectivity index (χ4v) is 2.43. The molecule has 1 aromatic rings. The van der Waals surface area contributed by atoms with E-state index in [1.54, 1.807) is 6.92 Å². The Balaban J connectivity index is 2.13. The van der Waals surface area contributed by atoms with Gasteiger partial charge in [0.25, 0.3) is 11.6 Å². The van der Waals surface area contributed by atoms with E-state index in [9.17, 15) is 9.59 Å². The summed E-state index contributed by atoms with van der Waals surface area (Å²) in [5, 5.41) is 0. The number of aryl methyl sites for hydroxylation is 1. The van der Waals surface area contributed by atoms with E-state index in [0.717, 1.165) is 12.8 Å². The summed E-state index contributed by atoms with van der Waals surface area (Å²) in [7, 11) is 1.50. The van der Waals surface area contributed by atoms with Gasteiger partial charge in [0.15, 0.2) is 0 Å². The summed E-state index contributed by atoms with van der Waals surface area (Å²) >= 11 is 0. The van der Waals surface area contributed by atoms with Crippen LogP contribution in [0.5, 0.6) is 6.01 Å². The predicted molar refractivity (Wildman–Crippen MR) is 66.8 cm³/mol. The van der Waals surface area contributed by atoms with Gasteiger partial charge in [0.05, 0.1) is 7.11 Å². The van der Waals surface area contributed by atoms with Crippen molar-refractivity contribution in [2.75, 3.05) is 7.11 Å². The molecule has 0 radical (unpaired) electrons. The molecule has 1 unspecified atom stereocenters. The first-order chi connectivity index (χ1) is 8.61. The highest BCUT2D eigenvalue weighted by atomic mass is 16.5. The van der Waals surface area contributed by atoms with Gasteiger partial charge >= 0.3 is 0 Å². The second-order valence-corrected chi connectivity index (χ2v) is 4.72. The number of nitrogens with zero attached hydrogens (tertiary/aromatic N) is 2. The van der Waals surface area contributed by atoms with Gasteiger partial charge in [-0.3, -0.25) is 14.2 Å². The average molecular weight is 250 g/mol. The molecule has 18 heavy (non-hydrogen) atoms. The second kappa shape index (κ2) is 5.33. The molecule has 1 saturated carbocycles. The van der Waals surface area contributed by atoms with E-state index in [1.807, 2.05) is 0 Å². The van der Waals surface area contributed by atoms with E-state index < -0.39 is 0 Å². The molecule has 98 valence electrons. The number of hydrogen-bond acceptors (Lipinski definition) is 4. The zero-order valence-electron chi connectivity index (χ0n) is 10.8. The van der Waals surface area contributed by atoms with Crippen LogP contribution in [-0.2, 0) is 11.3 Å². The molecule has 1 aliphatic rings. The predicted octanol–water partition coefficient (Wildman–Crippen LogP) is 1.32. The zero-order chi connectivity index (χ0) is 13.1. The van der Waals surface area contributed by atoms with E-state index in [4.69, 9.17) is 4.74 Å². The van der Waals surface area contributed by atoms with Crippen LogP contribution in [0.25, 0.3) is 0 Å². The van der Waals surface area contributed by atoms with Crippen molar-refractivity contribution in [3.8, 4) is 6.01 Å². The minimum atomic E-state index is -0.121. The highest BCUT2D eigenvalue weighted by Gasteiger charge is 2.24. The number of ketones is 1. The molecule has 0 aromatic carbocycles. The summed E-state index contributed by atoms with van der Waals surface area (Å²) in [5.74, 6) is 0.421. The van der Waals surface area contributed by atoms with Crippen LogP contribution >= 0.6 is 0 Å². The monoisotopic (exact) mass is 250 g/mol. The highest BCUT2D eigenvalue weighted by Crippen LogP contribution is 2.25. The molecule has 1 atom stereocenters. The van der Waals surface area contributed by atoms with Crippen LogP contribution in [0.2, 0.25) is 0 Å². The van der Waals surface area contributed by atoms with Crippen molar-refractivity contribution >= 4 is 5.78 Å². The number of hydrogen-bond donors (Lipinski definition) is 0. The summed E-state index contributed by atoms with van der Waals surface area (Å²) in [6, 6.07) is 1.81. The quantitative estimate of drug-likeness (QED) is 0.808. The molecule has 0 aliphatic heterocycles. The van der Waals surface area contributed by atoms with Crippen LogP contribution < -0.4 is 10.3 Å². The molecule has 1 aliphatic carbocycles. The lowest BCUT2D eigenvalue weighted by Crippen LogP contribution is -2.24. The zero-order valence-corrected chi connectivity index (χ0v) is 10.8. The van der Waals surface area contributed by atoms with Gasteiger partial charge in [-0.2, -0.15) is 0 Å². The first-order valence-corrected chi connectivity index (χ1v) is 6.27. The van der Waals surface area contributed by atoms with Crippen molar-refractivity contribution in [2.24, 2.45) is 5.92 Å². The van der Waals surface area contributed by atoms with Gasteiger partial charge in [-0.25, -0.2) is 4.98 Å². The van der Waals surface area contributed by atoms with Gasteiger partial charge in [0.1, 0.15) is 5.78 Å². The van der Waals surface area contributed by atoms with Gasteiger partial charge < -0.3 is 4.74 Å². The van der Waals surface area contributed by atoms with Crippen molar-refractivity contribution < 1.29 is 9.53 Å². The maximum absolute atomic E-state index is 11.9. The molecule has 0 N–H and O–H groups in total. The van der Waals surface area contributed by atoms with E-state index in [0.29, 0.717) is 36.9 Å². The molecule has 0 amide bonds. The van der Waals surface area contributed by atoms with E-state index in [-0.39, 0.29) is 11.5 Å². The van der Waals surface area contributed by atoms with Gasteiger partial charge in [-0.05, 0) is 26.2 Å². The minimum Gasteiger partial charge on any atom is -0.468 e. The second-order valence-electron chi connectivity index (χ2n) is 4.72. The third-order valence-electron chi connectivity index (χ3n) is 3.42. The molecule has 1 fully saturated rings. The number of carbonyl (C=O) groups is 1. The Bertz CT molecular complexity index is 507. The molecule has 2 rings (SSSR count). The van der Waals surface area contributed by atoms with Crippen LogP contribution in [0.4, 0.5) is 0 Å². The van der Waals surface area contributed by atoms with Crippen molar-refractivity contribution in [1.29, 1.82) is 0 Å². The van der Waals surface area contributed by atoms with Crippen LogP contribution in [0.1, 0.15) is 31.4 Å². The Hall–Kier alpha value is -1.65. The lowest BCUT2D eigenvalue weighted by Gasteiger charge is -2.13. The molecule has 0 bridgehead atoms. The molecule has 0 saturated heterocycles. The van der Waals surface area contributed by atoms with E-state index >= 15 is 0 Å². The summed E-state index contributed by atoms with van der Waals surface area (Å²) < 4.78 is 6.61. The van der Waals surface area contributed by atoms with E-state index in [1.165, 1.54) is 17.7 Å². The molecule has 1 aromatic heterocycles. The number of rotatable bonds is 4. The van der Waals surface area contributed by atoms with Crippen molar-refractivity contribution in [2.45, 2.75) is 39.2 Å². The summed E-state index contributed by atoms with van der Waals surface area (Å²) in [6.45, 7) is 2.25. The van der Waals surface area contributed by atoms with E-state index in [2.05, 4.69) is 4.98 Å². The minimum absolute atomic E-state index is 0.0999. The van der Waals surface area contributed by atoms with Crippen LogP contribution in [0, 0.1) is 12.8 Å². The standard InChI is InChI=1S/C13H18N2O3/c1-9-8-12(17)15(13(14-9)18-2)7-6-10-4-3-5-11(10)16/h8,10H,3-7H2,1-2H3. The Morgan fingerprint density at radius 1 is 1.50 bits per heavy atom. The molecule has 5 nitrogen and oxygen atoms in total. The topological polar surface area (TPSA) is 61.2 Å². The van der Waals surface area contributed by atoms with Crippen LogP contribution in [-0.4, -0.2) is 22.4 Å². The first kappa shape index (κ1) is 12.8. The smallest absolute Gasteiger partial charge is 0.299 e. The summed E-state index contributed by atoms with van der Waals surface area (Å²) in [5.41, 5.74) is 0.523. The van der Waals surface area contributed by atoms with Crippen LogP contribution in [0.15, 0.2) is 10.9 Å². The molecule has 0 spiro atoms. The Labute approximate surface area is 106 Å². The third-order valence-corrected chi connectivity index (χ3v) is 3.42. The maximum atomic E-state index is 11.9. The Morgan fingerprint density at radius 3 is 2.89 bits per heavy atom. The Kier molecular flexibility index (Phi) is 3.79.